The Hall–Kier alpha value is -1.20. The quantitative estimate of drug-likeness (QED) is 0.633. The van der Waals surface area contributed by atoms with Crippen LogP contribution in [0.2, 0.25) is 0 Å². The number of likely N-dealkylation sites (N-methyl/N-ethyl adjacent to an activating group) is 1. The van der Waals surface area contributed by atoms with Crippen molar-refractivity contribution in [1.29, 1.82) is 5.26 Å². The molecular formula is C10H11ClN2. The molecule has 1 unspecified atom stereocenters. The molecule has 1 aromatic rings. The molecule has 0 amide bonds. The smallest absolute Gasteiger partial charge is 0.0907 e. The van der Waals surface area contributed by atoms with E-state index in [1.807, 2.05) is 25.2 Å². The van der Waals surface area contributed by atoms with Crippen LogP contribution >= 0.6 is 12.4 Å². The first kappa shape index (κ1) is 9.88. The van der Waals surface area contributed by atoms with Gasteiger partial charge in [0, 0.05) is 19.3 Å². The van der Waals surface area contributed by atoms with Crippen molar-refractivity contribution in [3.8, 4) is 6.07 Å². The minimum absolute atomic E-state index is 0. The number of para-hydroxylation sites is 1. The van der Waals surface area contributed by atoms with Gasteiger partial charge in [-0.05, 0) is 11.6 Å². The van der Waals surface area contributed by atoms with E-state index in [1.165, 1.54) is 11.3 Å². The summed E-state index contributed by atoms with van der Waals surface area (Å²) in [5, 5.41) is 8.85. The Morgan fingerprint density at radius 3 is 2.85 bits per heavy atom. The highest BCUT2D eigenvalue weighted by Gasteiger charge is 2.24. The second kappa shape index (κ2) is 3.68. The summed E-state index contributed by atoms with van der Waals surface area (Å²) in [7, 11) is 2.02. The molecule has 0 fully saturated rings. The standard InChI is InChI=1S/C10H10N2.ClH/c1-12-7-8(6-11)9-4-2-3-5-10(9)12;/h2-5,8H,7H2,1H3;1H. The van der Waals surface area contributed by atoms with Crippen LogP contribution in [0.5, 0.6) is 0 Å². The molecule has 1 aromatic carbocycles. The second-order valence-electron chi connectivity index (χ2n) is 3.12. The summed E-state index contributed by atoms with van der Waals surface area (Å²) in [5.41, 5.74) is 2.37. The molecule has 0 saturated carbocycles. The average Bonchev–Trinajstić information content (AvgIpc) is 2.44. The van der Waals surface area contributed by atoms with Gasteiger partial charge in [0.15, 0.2) is 0 Å². The third-order valence-corrected chi connectivity index (χ3v) is 2.34. The maximum Gasteiger partial charge on any atom is 0.0907 e. The van der Waals surface area contributed by atoms with Crippen molar-refractivity contribution in [3.63, 3.8) is 0 Å². The Balaban J connectivity index is 0.000000845. The Kier molecular flexibility index (Phi) is 2.79. The fraction of sp³-hybridized carbons (Fsp3) is 0.300. The number of nitriles is 1. The van der Waals surface area contributed by atoms with Gasteiger partial charge in [-0.2, -0.15) is 5.26 Å². The van der Waals surface area contributed by atoms with E-state index in [4.69, 9.17) is 5.26 Å². The number of nitrogens with zero attached hydrogens (tertiary/aromatic N) is 2. The Morgan fingerprint density at radius 1 is 1.46 bits per heavy atom. The van der Waals surface area contributed by atoms with E-state index >= 15 is 0 Å². The van der Waals surface area contributed by atoms with Crippen molar-refractivity contribution in [2.45, 2.75) is 5.92 Å². The van der Waals surface area contributed by atoms with E-state index in [2.05, 4.69) is 17.0 Å². The lowest BCUT2D eigenvalue weighted by Gasteiger charge is -2.10. The van der Waals surface area contributed by atoms with Gasteiger partial charge in [0.25, 0.3) is 0 Å². The summed E-state index contributed by atoms with van der Waals surface area (Å²) < 4.78 is 0. The van der Waals surface area contributed by atoms with Crippen molar-refractivity contribution < 1.29 is 0 Å². The van der Waals surface area contributed by atoms with Crippen LogP contribution in [-0.4, -0.2) is 13.6 Å². The SMILES string of the molecule is CN1CC(C#N)c2ccccc21.Cl. The van der Waals surface area contributed by atoms with E-state index < -0.39 is 0 Å². The van der Waals surface area contributed by atoms with Crippen LogP contribution in [0.1, 0.15) is 11.5 Å². The average molecular weight is 195 g/mol. The van der Waals surface area contributed by atoms with Gasteiger partial charge in [-0.1, -0.05) is 18.2 Å². The molecule has 0 aromatic heterocycles. The number of anilines is 1. The van der Waals surface area contributed by atoms with Gasteiger partial charge in [0.2, 0.25) is 0 Å². The second-order valence-corrected chi connectivity index (χ2v) is 3.12. The predicted octanol–water partition coefficient (Wildman–Crippen LogP) is 2.17. The van der Waals surface area contributed by atoms with Crippen LogP contribution in [0.25, 0.3) is 0 Å². The molecule has 1 aliphatic rings. The topological polar surface area (TPSA) is 27.0 Å². The monoisotopic (exact) mass is 194 g/mol. The molecule has 2 rings (SSSR count). The molecule has 13 heavy (non-hydrogen) atoms. The molecular weight excluding hydrogens is 184 g/mol. The Bertz CT molecular complexity index is 343. The molecule has 0 saturated heterocycles. The van der Waals surface area contributed by atoms with Gasteiger partial charge >= 0.3 is 0 Å². The predicted molar refractivity (Wildman–Crippen MR) is 55.3 cm³/mol. The van der Waals surface area contributed by atoms with E-state index in [1.54, 1.807) is 0 Å². The number of benzene rings is 1. The third-order valence-electron chi connectivity index (χ3n) is 2.34. The molecule has 0 N–H and O–H groups in total. The zero-order valence-corrected chi connectivity index (χ0v) is 8.21. The third kappa shape index (κ3) is 1.48. The lowest BCUT2D eigenvalue weighted by molar-refractivity contribution is 0.875. The fourth-order valence-corrected chi connectivity index (χ4v) is 1.71. The van der Waals surface area contributed by atoms with Crippen LogP contribution in [0, 0.1) is 11.3 Å². The molecule has 3 heteroatoms. The maximum absolute atomic E-state index is 8.85. The summed E-state index contributed by atoms with van der Waals surface area (Å²) in [4.78, 5) is 2.13. The highest BCUT2D eigenvalue weighted by molar-refractivity contribution is 5.85. The van der Waals surface area contributed by atoms with E-state index in [9.17, 15) is 0 Å². The van der Waals surface area contributed by atoms with Gasteiger partial charge in [-0.25, -0.2) is 0 Å². The highest BCUT2D eigenvalue weighted by atomic mass is 35.5. The summed E-state index contributed by atoms with van der Waals surface area (Å²) in [5.74, 6) is 0.0613. The lowest BCUT2D eigenvalue weighted by Crippen LogP contribution is -2.14. The molecule has 0 radical (unpaired) electrons. The molecule has 0 bridgehead atoms. The number of fused-ring (bicyclic) bond motifs is 1. The number of rotatable bonds is 0. The highest BCUT2D eigenvalue weighted by Crippen LogP contribution is 2.33. The number of hydrogen-bond acceptors (Lipinski definition) is 2. The van der Waals surface area contributed by atoms with Crippen molar-refractivity contribution in [1.82, 2.24) is 0 Å². The van der Waals surface area contributed by atoms with Gasteiger partial charge in [0.1, 0.15) is 0 Å². The minimum atomic E-state index is 0. The molecule has 1 heterocycles. The van der Waals surface area contributed by atoms with Gasteiger partial charge in [-0.3, -0.25) is 0 Å². The molecule has 2 nitrogen and oxygen atoms in total. The first-order chi connectivity index (χ1) is 5.83. The van der Waals surface area contributed by atoms with Crippen molar-refractivity contribution in [2.24, 2.45) is 0 Å². The summed E-state index contributed by atoms with van der Waals surface area (Å²) in [6.07, 6.45) is 0. The van der Waals surface area contributed by atoms with Crippen LogP contribution in [-0.2, 0) is 0 Å². The van der Waals surface area contributed by atoms with E-state index in [0.717, 1.165) is 6.54 Å². The number of hydrogen-bond donors (Lipinski definition) is 0. The first-order valence-electron chi connectivity index (χ1n) is 4.02. The minimum Gasteiger partial charge on any atom is -0.373 e. The normalized spacial score (nSPS) is 18.8. The molecule has 1 atom stereocenters. The molecule has 0 spiro atoms. The summed E-state index contributed by atoms with van der Waals surface area (Å²) in [6.45, 7) is 0.829. The number of halogens is 1. The fourth-order valence-electron chi connectivity index (χ4n) is 1.71. The van der Waals surface area contributed by atoms with E-state index in [-0.39, 0.29) is 18.3 Å². The van der Waals surface area contributed by atoms with Crippen molar-refractivity contribution >= 4 is 18.1 Å². The zero-order valence-electron chi connectivity index (χ0n) is 7.40. The Morgan fingerprint density at radius 2 is 2.15 bits per heavy atom. The van der Waals surface area contributed by atoms with Crippen LogP contribution in [0.4, 0.5) is 5.69 Å². The Labute approximate surface area is 84.2 Å². The summed E-state index contributed by atoms with van der Waals surface area (Å²) >= 11 is 0. The van der Waals surface area contributed by atoms with Crippen LogP contribution < -0.4 is 4.90 Å². The molecule has 68 valence electrons. The maximum atomic E-state index is 8.85. The first-order valence-corrected chi connectivity index (χ1v) is 4.02. The molecule has 1 aliphatic heterocycles. The van der Waals surface area contributed by atoms with E-state index in [0.29, 0.717) is 0 Å². The van der Waals surface area contributed by atoms with Gasteiger partial charge in [-0.15, -0.1) is 12.4 Å². The van der Waals surface area contributed by atoms with Crippen molar-refractivity contribution in [2.75, 3.05) is 18.5 Å². The van der Waals surface area contributed by atoms with Gasteiger partial charge in [0.05, 0.1) is 12.0 Å². The summed E-state index contributed by atoms with van der Waals surface area (Å²) in [6, 6.07) is 10.4. The van der Waals surface area contributed by atoms with Crippen molar-refractivity contribution in [3.05, 3.63) is 29.8 Å². The largest absolute Gasteiger partial charge is 0.373 e. The van der Waals surface area contributed by atoms with Crippen LogP contribution in [0.3, 0.4) is 0 Å². The lowest BCUT2D eigenvalue weighted by atomic mass is 10.0. The zero-order chi connectivity index (χ0) is 8.55. The van der Waals surface area contributed by atoms with Gasteiger partial charge < -0.3 is 4.90 Å². The van der Waals surface area contributed by atoms with Crippen LogP contribution in [0.15, 0.2) is 24.3 Å². The molecule has 0 aliphatic carbocycles.